The molecule has 0 saturated carbocycles. The number of rotatable bonds is 8. The maximum atomic E-state index is 11.1. The Labute approximate surface area is 87.0 Å². The fourth-order valence-corrected chi connectivity index (χ4v) is 0.846. The Bertz CT molecular complexity index is 232. The molecule has 0 saturated heterocycles. The van der Waals surface area contributed by atoms with Crippen LogP contribution in [0.15, 0.2) is 0 Å². The molecule has 0 rings (SSSR count). The summed E-state index contributed by atoms with van der Waals surface area (Å²) in [5.74, 6) is -1.63. The summed E-state index contributed by atoms with van der Waals surface area (Å²) in [6.07, 6.45) is 0.973. The molecule has 0 aromatic carbocycles. The van der Waals surface area contributed by atoms with Gasteiger partial charge in [0.25, 0.3) is 0 Å². The van der Waals surface area contributed by atoms with Crippen molar-refractivity contribution < 1.29 is 19.5 Å². The molecular formula is C8H14N3O4. The lowest BCUT2D eigenvalue weighted by Crippen LogP contribution is -2.43. The van der Waals surface area contributed by atoms with Gasteiger partial charge < -0.3 is 21.5 Å². The van der Waals surface area contributed by atoms with E-state index in [0.29, 0.717) is 13.1 Å². The summed E-state index contributed by atoms with van der Waals surface area (Å²) in [7, 11) is 0. The van der Waals surface area contributed by atoms with E-state index in [1.54, 1.807) is 0 Å². The van der Waals surface area contributed by atoms with Gasteiger partial charge in [-0.2, -0.15) is 0 Å². The summed E-state index contributed by atoms with van der Waals surface area (Å²) >= 11 is 0. The van der Waals surface area contributed by atoms with Gasteiger partial charge in [-0.1, -0.05) is 0 Å². The Kier molecular flexibility index (Phi) is 7.12. The molecule has 0 spiro atoms. The molecule has 7 heteroatoms. The molecule has 0 aliphatic heterocycles. The van der Waals surface area contributed by atoms with Gasteiger partial charge in [-0.05, 0) is 0 Å². The third-order valence-corrected chi connectivity index (χ3v) is 1.46. The summed E-state index contributed by atoms with van der Waals surface area (Å²) in [5.41, 5.74) is 5.17. The van der Waals surface area contributed by atoms with Gasteiger partial charge in [0.1, 0.15) is 6.04 Å². The molecule has 0 aliphatic carbocycles. The minimum atomic E-state index is -1.17. The summed E-state index contributed by atoms with van der Waals surface area (Å²) in [5, 5.41) is 13.3. The number of nitrogens with two attached hydrogens (primary N) is 1. The lowest BCUT2D eigenvalue weighted by atomic mass is 10.2. The van der Waals surface area contributed by atoms with Crippen LogP contribution < -0.4 is 16.4 Å². The molecule has 1 amide bonds. The average Bonchev–Trinajstić information content (AvgIpc) is 2.16. The molecule has 0 bridgehead atoms. The topological polar surface area (TPSA) is 122 Å². The van der Waals surface area contributed by atoms with Crippen LogP contribution in [0.4, 0.5) is 0 Å². The molecule has 0 fully saturated rings. The van der Waals surface area contributed by atoms with Crippen LogP contribution in [0.2, 0.25) is 0 Å². The first-order chi connectivity index (χ1) is 7.10. The second kappa shape index (κ2) is 7.89. The number of hydrogen-bond acceptors (Lipinski definition) is 5. The lowest BCUT2D eigenvalue weighted by Gasteiger charge is -2.09. The maximum absolute atomic E-state index is 11.1. The van der Waals surface area contributed by atoms with Crippen molar-refractivity contribution in [2.45, 2.75) is 12.5 Å². The number of amides is 1. The summed E-state index contributed by atoms with van der Waals surface area (Å²) < 4.78 is 0. The van der Waals surface area contributed by atoms with E-state index in [2.05, 4.69) is 10.6 Å². The van der Waals surface area contributed by atoms with Gasteiger partial charge in [0.15, 0.2) is 0 Å². The van der Waals surface area contributed by atoms with E-state index >= 15 is 0 Å². The smallest absolute Gasteiger partial charge is 0.305 e. The molecule has 0 aliphatic rings. The van der Waals surface area contributed by atoms with Crippen LogP contribution >= 0.6 is 0 Å². The Hall–Kier alpha value is -1.47. The van der Waals surface area contributed by atoms with Gasteiger partial charge in [0.05, 0.1) is 13.0 Å². The number of carbonyl (C=O) groups excluding carboxylic acids is 2. The van der Waals surface area contributed by atoms with Crippen molar-refractivity contribution >= 4 is 18.2 Å². The first-order valence-electron chi connectivity index (χ1n) is 4.39. The molecule has 1 radical (unpaired) electrons. The molecular weight excluding hydrogens is 202 g/mol. The van der Waals surface area contributed by atoms with Crippen LogP contribution in [-0.4, -0.2) is 48.9 Å². The first-order valence-corrected chi connectivity index (χ1v) is 4.39. The minimum Gasteiger partial charge on any atom is -0.481 e. The largest absolute Gasteiger partial charge is 0.481 e. The number of carbonyl (C=O) groups is 2. The molecule has 7 nitrogen and oxygen atoms in total. The highest BCUT2D eigenvalue weighted by Gasteiger charge is 2.15. The van der Waals surface area contributed by atoms with Crippen molar-refractivity contribution in [2.75, 3.05) is 19.6 Å². The van der Waals surface area contributed by atoms with Crippen LogP contribution in [0.5, 0.6) is 0 Å². The SMILES string of the molecule is NCCNCC(=O)N[C@H]([C]=O)CC(=O)O. The zero-order valence-corrected chi connectivity index (χ0v) is 8.16. The molecule has 0 aromatic rings. The van der Waals surface area contributed by atoms with E-state index in [0.717, 1.165) is 0 Å². The van der Waals surface area contributed by atoms with Gasteiger partial charge in [0.2, 0.25) is 12.2 Å². The standard InChI is InChI=1S/C8H14N3O4/c9-1-2-10-4-7(13)11-6(5-12)3-8(14)15/h6,10H,1-4,9H2,(H,11,13)(H,14,15)/t6-/m0/s1. The number of carboxylic acids is 1. The fraction of sp³-hybridized carbons (Fsp3) is 0.625. The van der Waals surface area contributed by atoms with E-state index in [1.165, 1.54) is 6.29 Å². The van der Waals surface area contributed by atoms with E-state index < -0.39 is 24.3 Å². The van der Waals surface area contributed by atoms with E-state index in [4.69, 9.17) is 10.8 Å². The molecule has 0 aromatic heterocycles. The van der Waals surface area contributed by atoms with Crippen molar-refractivity contribution in [1.29, 1.82) is 0 Å². The van der Waals surface area contributed by atoms with Gasteiger partial charge >= 0.3 is 5.97 Å². The molecule has 15 heavy (non-hydrogen) atoms. The molecule has 1 atom stereocenters. The summed E-state index contributed by atoms with van der Waals surface area (Å²) in [4.78, 5) is 31.6. The molecule has 5 N–H and O–H groups in total. The predicted octanol–water partition coefficient (Wildman–Crippen LogP) is -2.40. The summed E-state index contributed by atoms with van der Waals surface area (Å²) in [6.45, 7) is 0.864. The van der Waals surface area contributed by atoms with Gasteiger partial charge in [-0.3, -0.25) is 14.4 Å². The number of nitrogens with one attached hydrogen (secondary N) is 2. The highest BCUT2D eigenvalue weighted by molar-refractivity contribution is 5.83. The van der Waals surface area contributed by atoms with Gasteiger partial charge in [-0.25, -0.2) is 0 Å². The van der Waals surface area contributed by atoms with Crippen LogP contribution in [0.3, 0.4) is 0 Å². The monoisotopic (exact) mass is 216 g/mol. The van der Waals surface area contributed by atoms with Crippen molar-refractivity contribution in [2.24, 2.45) is 5.73 Å². The Morgan fingerprint density at radius 3 is 2.60 bits per heavy atom. The first kappa shape index (κ1) is 13.5. The van der Waals surface area contributed by atoms with Crippen molar-refractivity contribution in [1.82, 2.24) is 10.6 Å². The van der Waals surface area contributed by atoms with Crippen LogP contribution in [0.1, 0.15) is 6.42 Å². The third kappa shape index (κ3) is 7.59. The Balaban J connectivity index is 3.80. The highest BCUT2D eigenvalue weighted by Crippen LogP contribution is 1.87. The normalized spacial score (nSPS) is 11.8. The minimum absolute atomic E-state index is 0.00496. The second-order valence-electron chi connectivity index (χ2n) is 2.80. The van der Waals surface area contributed by atoms with E-state index in [9.17, 15) is 14.4 Å². The fourth-order valence-electron chi connectivity index (χ4n) is 0.846. The molecule has 0 unspecified atom stereocenters. The van der Waals surface area contributed by atoms with Crippen molar-refractivity contribution in [3.8, 4) is 0 Å². The number of aliphatic carboxylic acids is 1. The lowest BCUT2D eigenvalue weighted by molar-refractivity contribution is -0.137. The zero-order valence-electron chi connectivity index (χ0n) is 8.16. The van der Waals surface area contributed by atoms with Gasteiger partial charge in [-0.15, -0.1) is 0 Å². The maximum Gasteiger partial charge on any atom is 0.305 e. The Morgan fingerprint density at radius 1 is 1.47 bits per heavy atom. The third-order valence-electron chi connectivity index (χ3n) is 1.46. The van der Waals surface area contributed by atoms with Crippen LogP contribution in [0, 0.1) is 0 Å². The van der Waals surface area contributed by atoms with E-state index in [-0.39, 0.29) is 6.54 Å². The van der Waals surface area contributed by atoms with Crippen molar-refractivity contribution in [3.63, 3.8) is 0 Å². The van der Waals surface area contributed by atoms with E-state index in [1.807, 2.05) is 0 Å². The Morgan fingerprint density at radius 2 is 2.13 bits per heavy atom. The van der Waals surface area contributed by atoms with Crippen LogP contribution in [0.25, 0.3) is 0 Å². The van der Waals surface area contributed by atoms with Gasteiger partial charge in [0, 0.05) is 13.1 Å². The van der Waals surface area contributed by atoms with Crippen LogP contribution in [-0.2, 0) is 14.4 Å². The second-order valence-corrected chi connectivity index (χ2v) is 2.80. The number of hydrogen-bond donors (Lipinski definition) is 4. The average molecular weight is 216 g/mol. The quantitative estimate of drug-likeness (QED) is 0.336. The predicted molar refractivity (Wildman–Crippen MR) is 51.8 cm³/mol. The van der Waals surface area contributed by atoms with Crippen molar-refractivity contribution in [3.05, 3.63) is 0 Å². The molecule has 85 valence electrons. The zero-order chi connectivity index (χ0) is 11.7. The number of carboxylic acid groups (broad SMARTS) is 1. The molecule has 0 heterocycles. The summed E-state index contributed by atoms with van der Waals surface area (Å²) in [6, 6.07) is -1.10. The highest BCUT2D eigenvalue weighted by atomic mass is 16.4.